The van der Waals surface area contributed by atoms with Gasteiger partial charge in [-0.3, -0.25) is 4.79 Å². The van der Waals surface area contributed by atoms with Crippen LogP contribution in [-0.2, 0) is 14.3 Å². The quantitative estimate of drug-likeness (QED) is 0.0261. The summed E-state index contributed by atoms with van der Waals surface area (Å²) in [5.74, 6) is -0.136. The van der Waals surface area contributed by atoms with Crippen LogP contribution in [0.3, 0.4) is 0 Å². The second-order valence-corrected chi connectivity index (χ2v) is 26.8. The molecule has 508 valence electrons. The van der Waals surface area contributed by atoms with Crippen molar-refractivity contribution in [2.45, 2.75) is 436 Å². The van der Waals surface area contributed by atoms with Crippen LogP contribution in [0.1, 0.15) is 393 Å². The number of hydrogen-bond acceptors (Lipinski definition) is 8. The number of allylic oxidation sites excluding steroid dienone is 6. The lowest BCUT2D eigenvalue weighted by molar-refractivity contribution is -0.302. The highest BCUT2D eigenvalue weighted by Gasteiger charge is 2.44. The maximum atomic E-state index is 13.2. The Labute approximate surface area is 533 Å². The van der Waals surface area contributed by atoms with Crippen LogP contribution in [0.2, 0.25) is 0 Å². The van der Waals surface area contributed by atoms with Gasteiger partial charge in [0.25, 0.3) is 0 Å². The Morgan fingerprint density at radius 1 is 0.395 bits per heavy atom. The second kappa shape index (κ2) is 66.3. The van der Waals surface area contributed by atoms with Gasteiger partial charge in [0.05, 0.1) is 25.4 Å². The predicted molar refractivity (Wildman–Crippen MR) is 369 cm³/mol. The van der Waals surface area contributed by atoms with Crippen molar-refractivity contribution in [3.8, 4) is 0 Å². The van der Waals surface area contributed by atoms with E-state index in [0.29, 0.717) is 12.8 Å². The number of unbranched alkanes of at least 4 members (excludes halogenated alkanes) is 52. The molecule has 7 atom stereocenters. The molecule has 1 fully saturated rings. The Balaban J connectivity index is 2.07. The Morgan fingerprint density at radius 2 is 0.686 bits per heavy atom. The van der Waals surface area contributed by atoms with Crippen molar-refractivity contribution in [2.75, 3.05) is 13.2 Å². The number of hydrogen-bond donors (Lipinski definition) is 6. The van der Waals surface area contributed by atoms with Crippen LogP contribution in [0.25, 0.3) is 0 Å². The molecule has 1 saturated heterocycles. The summed E-state index contributed by atoms with van der Waals surface area (Å²) in [6.45, 7) is 3.89. The topological polar surface area (TPSA) is 149 Å². The minimum Gasteiger partial charge on any atom is -0.394 e. The van der Waals surface area contributed by atoms with E-state index >= 15 is 0 Å². The lowest BCUT2D eigenvalue weighted by Crippen LogP contribution is -2.60. The van der Waals surface area contributed by atoms with Gasteiger partial charge in [0.15, 0.2) is 6.29 Å². The van der Waals surface area contributed by atoms with Crippen LogP contribution in [-0.4, -0.2) is 87.5 Å². The zero-order valence-electron chi connectivity index (χ0n) is 57.1. The summed E-state index contributed by atoms with van der Waals surface area (Å²) in [5.41, 5.74) is 0. The summed E-state index contributed by atoms with van der Waals surface area (Å²) in [5, 5.41) is 55.0. The summed E-state index contributed by atoms with van der Waals surface area (Å²) >= 11 is 0. The number of rotatable bonds is 68. The fourth-order valence-corrected chi connectivity index (χ4v) is 12.5. The minimum absolute atomic E-state index is 0.133. The first kappa shape index (κ1) is 82.4. The molecule has 0 bridgehead atoms. The fourth-order valence-electron chi connectivity index (χ4n) is 12.5. The van der Waals surface area contributed by atoms with Crippen LogP contribution in [0.5, 0.6) is 0 Å². The molecule has 6 N–H and O–H groups in total. The molecule has 0 aromatic rings. The predicted octanol–water partition coefficient (Wildman–Crippen LogP) is 21.4. The van der Waals surface area contributed by atoms with Crippen molar-refractivity contribution in [3.63, 3.8) is 0 Å². The highest BCUT2D eigenvalue weighted by atomic mass is 16.7. The highest BCUT2D eigenvalue weighted by molar-refractivity contribution is 5.76. The van der Waals surface area contributed by atoms with Crippen LogP contribution >= 0.6 is 0 Å². The van der Waals surface area contributed by atoms with Crippen LogP contribution in [0.4, 0.5) is 0 Å². The number of nitrogens with one attached hydrogen (secondary N) is 1. The lowest BCUT2D eigenvalue weighted by Gasteiger charge is -2.40. The van der Waals surface area contributed by atoms with Crippen LogP contribution in [0, 0.1) is 0 Å². The largest absolute Gasteiger partial charge is 0.394 e. The van der Waals surface area contributed by atoms with Gasteiger partial charge in [0, 0.05) is 6.42 Å². The van der Waals surface area contributed by atoms with E-state index in [2.05, 4.69) is 55.6 Å². The third kappa shape index (κ3) is 54.2. The number of ether oxygens (including phenoxy) is 2. The van der Waals surface area contributed by atoms with E-state index < -0.39 is 49.5 Å². The molecule has 7 unspecified atom stereocenters. The number of aliphatic hydroxyl groups is 5. The SMILES string of the molecule is CCCCCCC/C=C\C/C=C\C/C=C\CCCCCCCCCCCCCCCCCCCCCCC(=O)NC(COC1OC(CO)C(O)C(O)C1O)C(O)CCCCCCCCCCCCCCCCCCCCCCCCCCCCCC. The third-order valence-corrected chi connectivity index (χ3v) is 18.5. The van der Waals surface area contributed by atoms with E-state index in [-0.39, 0.29) is 12.5 Å². The van der Waals surface area contributed by atoms with Crippen LogP contribution in [0.15, 0.2) is 36.5 Å². The fraction of sp³-hybridized carbons (Fsp3) is 0.909. The molecule has 1 aliphatic rings. The van der Waals surface area contributed by atoms with Crippen molar-refractivity contribution in [3.05, 3.63) is 36.5 Å². The average molecular weight is 1220 g/mol. The van der Waals surface area contributed by atoms with E-state index in [1.807, 2.05) is 0 Å². The number of amides is 1. The molecule has 1 heterocycles. The molecular weight excluding hydrogens is 1070 g/mol. The summed E-state index contributed by atoms with van der Waals surface area (Å²) in [4.78, 5) is 13.2. The molecule has 0 spiro atoms. The highest BCUT2D eigenvalue weighted by Crippen LogP contribution is 2.24. The van der Waals surface area contributed by atoms with Gasteiger partial charge in [-0.2, -0.15) is 0 Å². The van der Waals surface area contributed by atoms with Crippen molar-refractivity contribution >= 4 is 5.91 Å². The summed E-state index contributed by atoms with van der Waals surface area (Å²) < 4.78 is 11.4. The third-order valence-electron chi connectivity index (χ3n) is 18.5. The molecule has 0 aromatic carbocycles. The maximum Gasteiger partial charge on any atom is 0.220 e. The molecule has 86 heavy (non-hydrogen) atoms. The van der Waals surface area contributed by atoms with Gasteiger partial charge in [-0.1, -0.05) is 371 Å². The molecular formula is C77H147NO8. The van der Waals surface area contributed by atoms with Crippen molar-refractivity contribution in [2.24, 2.45) is 0 Å². The van der Waals surface area contributed by atoms with Crippen molar-refractivity contribution < 1.29 is 39.8 Å². The van der Waals surface area contributed by atoms with E-state index in [9.17, 15) is 30.3 Å². The zero-order chi connectivity index (χ0) is 62.1. The summed E-state index contributed by atoms with van der Waals surface area (Å²) in [6.07, 6.45) is 82.4. The number of carbonyl (C=O) groups excluding carboxylic acids is 1. The van der Waals surface area contributed by atoms with E-state index in [1.165, 1.54) is 315 Å². The molecule has 0 aromatic heterocycles. The van der Waals surface area contributed by atoms with Gasteiger partial charge in [0.2, 0.25) is 5.91 Å². The number of aliphatic hydroxyl groups excluding tert-OH is 5. The molecule has 0 saturated carbocycles. The second-order valence-electron chi connectivity index (χ2n) is 26.8. The first-order valence-corrected chi connectivity index (χ1v) is 38.2. The normalized spacial score (nSPS) is 18.2. The molecule has 0 aliphatic carbocycles. The Hall–Kier alpha value is -1.59. The number of carbonyl (C=O) groups is 1. The summed E-state index contributed by atoms with van der Waals surface area (Å²) in [6, 6.07) is -0.719. The Bertz CT molecular complexity index is 1450. The lowest BCUT2D eigenvalue weighted by atomic mass is 9.99. The van der Waals surface area contributed by atoms with Crippen molar-refractivity contribution in [1.82, 2.24) is 5.32 Å². The molecule has 1 aliphatic heterocycles. The van der Waals surface area contributed by atoms with Gasteiger partial charge in [-0.25, -0.2) is 0 Å². The summed E-state index contributed by atoms with van der Waals surface area (Å²) in [7, 11) is 0. The Morgan fingerprint density at radius 3 is 1.01 bits per heavy atom. The van der Waals surface area contributed by atoms with E-state index in [4.69, 9.17) is 9.47 Å². The standard InChI is InChI=1S/C77H147NO8/c1-3-5-7-9-11-13-15-17-19-21-23-25-27-29-31-33-34-35-36-37-38-39-41-43-45-47-49-51-53-55-57-59-61-63-65-67-73(81)78-70(69-85-77-76(84)75(83)74(82)72(68-79)86-77)71(80)66-64-62-60-58-56-54-52-50-48-46-44-42-40-32-30-28-26-24-22-20-18-16-14-12-10-8-6-4-2/h15,17,21,23,27,29,70-72,74-77,79-80,82-84H,3-14,16,18-20,22,24-26,28,30-69H2,1-2H3,(H,78,81)/b17-15-,23-21-,29-27-. The van der Waals surface area contributed by atoms with Gasteiger partial charge < -0.3 is 40.3 Å². The first-order valence-electron chi connectivity index (χ1n) is 38.2. The zero-order valence-corrected chi connectivity index (χ0v) is 57.1. The molecule has 1 amide bonds. The van der Waals surface area contributed by atoms with E-state index in [0.717, 1.165) is 51.4 Å². The molecule has 9 heteroatoms. The van der Waals surface area contributed by atoms with Gasteiger partial charge >= 0.3 is 0 Å². The first-order chi connectivity index (χ1) is 42.3. The monoisotopic (exact) mass is 1210 g/mol. The average Bonchev–Trinajstić information content (AvgIpc) is 3.65. The molecule has 0 radical (unpaired) electrons. The van der Waals surface area contributed by atoms with Crippen LogP contribution < -0.4 is 5.32 Å². The van der Waals surface area contributed by atoms with Crippen molar-refractivity contribution in [1.29, 1.82) is 0 Å². The maximum absolute atomic E-state index is 13.2. The smallest absolute Gasteiger partial charge is 0.220 e. The molecule has 9 nitrogen and oxygen atoms in total. The van der Waals surface area contributed by atoms with Gasteiger partial charge in [-0.05, 0) is 51.4 Å². The van der Waals surface area contributed by atoms with Gasteiger partial charge in [0.1, 0.15) is 24.4 Å². The minimum atomic E-state index is -1.55. The molecule has 1 rings (SSSR count). The Kier molecular flexibility index (Phi) is 63.6. The van der Waals surface area contributed by atoms with E-state index in [1.54, 1.807) is 0 Å². The van der Waals surface area contributed by atoms with Gasteiger partial charge in [-0.15, -0.1) is 0 Å².